The van der Waals surface area contributed by atoms with Crippen molar-refractivity contribution in [3.05, 3.63) is 0 Å². The highest BCUT2D eigenvalue weighted by Crippen LogP contribution is 1.83. The predicted molar refractivity (Wildman–Crippen MR) is 45.9 cm³/mol. The molecule has 12 heavy (non-hydrogen) atoms. The lowest BCUT2D eigenvalue weighted by atomic mass is 10.3. The molecule has 0 bridgehead atoms. The maximum Gasteiger partial charge on any atom is 0.303 e. The van der Waals surface area contributed by atoms with E-state index in [1.165, 1.54) is 0 Å². The topological polar surface area (TPSA) is 77.8 Å². The van der Waals surface area contributed by atoms with Gasteiger partial charge in [0.25, 0.3) is 0 Å². The smallest absolute Gasteiger partial charge is 0.303 e. The third kappa shape index (κ3) is 16.2. The van der Waals surface area contributed by atoms with Gasteiger partial charge in [-0.1, -0.05) is 13.8 Å². The number of aliphatic hydroxyl groups excluding tert-OH is 2. The third-order valence-corrected chi connectivity index (χ3v) is 1.15. The molecule has 0 aromatic rings. The number of carboxylic acid groups (broad SMARTS) is 1. The van der Waals surface area contributed by atoms with Crippen LogP contribution in [-0.2, 0) is 4.79 Å². The molecule has 0 aliphatic heterocycles. The molecule has 0 aromatic heterocycles. The molecule has 0 aliphatic carbocycles. The molecule has 0 aliphatic rings. The average Bonchev–Trinajstić information content (AvgIpc) is 2.04. The number of hydrogen-bond donors (Lipinski definition) is 3. The molecule has 0 amide bonds. The van der Waals surface area contributed by atoms with Crippen molar-refractivity contribution in [2.24, 2.45) is 0 Å². The van der Waals surface area contributed by atoms with Gasteiger partial charge < -0.3 is 15.3 Å². The molecule has 0 rings (SSSR count). The van der Waals surface area contributed by atoms with E-state index < -0.39 is 12.1 Å². The second-order valence-corrected chi connectivity index (χ2v) is 2.39. The molecule has 0 saturated carbocycles. The van der Waals surface area contributed by atoms with E-state index in [-0.39, 0.29) is 6.61 Å². The van der Waals surface area contributed by atoms with Gasteiger partial charge in [0, 0.05) is 6.42 Å². The normalized spacial score (nSPS) is 11.3. The number of rotatable bonds is 4. The van der Waals surface area contributed by atoms with Crippen molar-refractivity contribution in [3.8, 4) is 0 Å². The Morgan fingerprint density at radius 1 is 1.42 bits per heavy atom. The van der Waals surface area contributed by atoms with E-state index in [2.05, 4.69) is 0 Å². The Bertz CT molecular complexity index is 99.2. The van der Waals surface area contributed by atoms with Gasteiger partial charge in [-0.3, -0.25) is 4.79 Å². The summed E-state index contributed by atoms with van der Waals surface area (Å²) in [5.74, 6) is -0.711. The van der Waals surface area contributed by atoms with E-state index in [9.17, 15) is 4.79 Å². The zero-order chi connectivity index (χ0) is 9.98. The predicted octanol–water partition coefficient (Wildman–Crippen LogP) is 0.621. The first-order valence-electron chi connectivity index (χ1n) is 4.09. The van der Waals surface area contributed by atoms with Gasteiger partial charge in [-0.15, -0.1) is 0 Å². The SMILES string of the molecule is CCC(O)CO.CCCC(=O)O. The van der Waals surface area contributed by atoms with Gasteiger partial charge >= 0.3 is 5.97 Å². The lowest BCUT2D eigenvalue weighted by Gasteiger charge is -1.97. The molecule has 74 valence electrons. The van der Waals surface area contributed by atoms with E-state index in [1.807, 2.05) is 13.8 Å². The molecule has 3 N–H and O–H groups in total. The highest BCUT2D eigenvalue weighted by Gasteiger charge is 1.92. The molecule has 4 nitrogen and oxygen atoms in total. The number of carbonyl (C=O) groups is 1. The van der Waals surface area contributed by atoms with Crippen molar-refractivity contribution < 1.29 is 20.1 Å². The summed E-state index contributed by atoms with van der Waals surface area (Å²) in [5, 5.41) is 24.4. The summed E-state index contributed by atoms with van der Waals surface area (Å²) in [6, 6.07) is 0. The van der Waals surface area contributed by atoms with Crippen molar-refractivity contribution in [2.45, 2.75) is 39.2 Å². The summed E-state index contributed by atoms with van der Waals surface area (Å²) in [4.78, 5) is 9.60. The van der Waals surface area contributed by atoms with Crippen LogP contribution in [-0.4, -0.2) is 34.0 Å². The Morgan fingerprint density at radius 2 is 1.92 bits per heavy atom. The molecule has 0 radical (unpaired) electrons. The molecule has 4 heteroatoms. The fourth-order valence-electron chi connectivity index (χ4n) is 0.343. The molecular weight excluding hydrogens is 160 g/mol. The minimum Gasteiger partial charge on any atom is -0.481 e. The fraction of sp³-hybridized carbons (Fsp3) is 0.875. The van der Waals surface area contributed by atoms with Gasteiger partial charge in [0.1, 0.15) is 0 Å². The van der Waals surface area contributed by atoms with Crippen LogP contribution >= 0.6 is 0 Å². The quantitative estimate of drug-likeness (QED) is 0.589. The summed E-state index contributed by atoms with van der Waals surface area (Å²) in [5.41, 5.74) is 0. The van der Waals surface area contributed by atoms with Gasteiger partial charge in [-0.25, -0.2) is 0 Å². The van der Waals surface area contributed by atoms with E-state index in [0.717, 1.165) is 6.42 Å². The minimum atomic E-state index is -0.711. The van der Waals surface area contributed by atoms with Gasteiger partial charge in [0.2, 0.25) is 0 Å². The monoisotopic (exact) mass is 178 g/mol. The Kier molecular flexibility index (Phi) is 12.1. The van der Waals surface area contributed by atoms with Gasteiger partial charge in [-0.05, 0) is 12.8 Å². The highest BCUT2D eigenvalue weighted by atomic mass is 16.4. The van der Waals surface area contributed by atoms with Crippen molar-refractivity contribution in [1.82, 2.24) is 0 Å². The van der Waals surface area contributed by atoms with Crippen LogP contribution in [0.1, 0.15) is 33.1 Å². The minimum absolute atomic E-state index is 0.115. The van der Waals surface area contributed by atoms with Crippen LogP contribution in [0.5, 0.6) is 0 Å². The standard InChI is InChI=1S/C4H10O2.C4H8O2/c1-2-4(6)3-5;1-2-3-4(5)6/h4-6H,2-3H2,1H3;2-3H2,1H3,(H,5,6). The number of carboxylic acids is 1. The summed E-state index contributed by atoms with van der Waals surface area (Å²) >= 11 is 0. The van der Waals surface area contributed by atoms with Crippen molar-refractivity contribution in [3.63, 3.8) is 0 Å². The Balaban J connectivity index is 0. The molecule has 0 heterocycles. The summed E-state index contributed by atoms with van der Waals surface area (Å²) in [6.45, 7) is 3.55. The number of aliphatic hydroxyl groups is 2. The zero-order valence-electron chi connectivity index (χ0n) is 7.66. The zero-order valence-corrected chi connectivity index (χ0v) is 7.66. The van der Waals surface area contributed by atoms with Gasteiger partial charge in [0.05, 0.1) is 12.7 Å². The largest absolute Gasteiger partial charge is 0.481 e. The Morgan fingerprint density at radius 3 is 1.92 bits per heavy atom. The molecule has 0 saturated heterocycles. The fourth-order valence-corrected chi connectivity index (χ4v) is 0.343. The molecule has 0 spiro atoms. The molecule has 0 fully saturated rings. The molecular formula is C8H18O4. The summed E-state index contributed by atoms with van der Waals surface area (Å²) in [6.07, 6.45) is 1.15. The van der Waals surface area contributed by atoms with Crippen molar-refractivity contribution in [2.75, 3.05) is 6.61 Å². The van der Waals surface area contributed by atoms with Gasteiger partial charge in [-0.2, -0.15) is 0 Å². The number of aliphatic carboxylic acids is 1. The molecule has 1 atom stereocenters. The van der Waals surface area contributed by atoms with E-state index in [0.29, 0.717) is 12.8 Å². The van der Waals surface area contributed by atoms with Crippen molar-refractivity contribution in [1.29, 1.82) is 0 Å². The Labute approximate surface area is 72.8 Å². The van der Waals surface area contributed by atoms with E-state index in [4.69, 9.17) is 15.3 Å². The second kappa shape index (κ2) is 10.4. The van der Waals surface area contributed by atoms with E-state index in [1.54, 1.807) is 0 Å². The van der Waals surface area contributed by atoms with Crippen LogP contribution in [0, 0.1) is 0 Å². The van der Waals surface area contributed by atoms with E-state index >= 15 is 0 Å². The first-order chi connectivity index (χ1) is 5.58. The maximum atomic E-state index is 9.60. The highest BCUT2D eigenvalue weighted by molar-refractivity contribution is 5.66. The molecule has 0 aromatic carbocycles. The van der Waals surface area contributed by atoms with Crippen LogP contribution in [0.15, 0.2) is 0 Å². The first-order valence-corrected chi connectivity index (χ1v) is 4.09. The first kappa shape index (κ1) is 13.9. The third-order valence-electron chi connectivity index (χ3n) is 1.15. The van der Waals surface area contributed by atoms with Gasteiger partial charge in [0.15, 0.2) is 0 Å². The lowest BCUT2D eigenvalue weighted by molar-refractivity contribution is -0.137. The summed E-state index contributed by atoms with van der Waals surface area (Å²) in [7, 11) is 0. The molecule has 1 unspecified atom stereocenters. The van der Waals surface area contributed by atoms with Crippen LogP contribution in [0.2, 0.25) is 0 Å². The lowest BCUT2D eigenvalue weighted by Crippen LogP contribution is -2.08. The maximum absolute atomic E-state index is 9.60. The Hall–Kier alpha value is -0.610. The van der Waals surface area contributed by atoms with Crippen LogP contribution < -0.4 is 0 Å². The van der Waals surface area contributed by atoms with Crippen molar-refractivity contribution >= 4 is 5.97 Å². The van der Waals surface area contributed by atoms with Crippen LogP contribution in [0.4, 0.5) is 0 Å². The van der Waals surface area contributed by atoms with Crippen LogP contribution in [0.25, 0.3) is 0 Å². The average molecular weight is 178 g/mol. The number of hydrogen-bond acceptors (Lipinski definition) is 3. The second-order valence-electron chi connectivity index (χ2n) is 2.39. The summed E-state index contributed by atoms with van der Waals surface area (Å²) < 4.78 is 0. The van der Waals surface area contributed by atoms with Crippen LogP contribution in [0.3, 0.4) is 0 Å².